The third-order valence-electron chi connectivity index (χ3n) is 4.90. The summed E-state index contributed by atoms with van der Waals surface area (Å²) in [7, 11) is 0. The van der Waals surface area contributed by atoms with Gasteiger partial charge in [-0.25, -0.2) is 0 Å². The Balaban J connectivity index is 1.57. The fourth-order valence-electron chi connectivity index (χ4n) is 3.74. The monoisotopic (exact) mass is 268 g/mol. The van der Waals surface area contributed by atoms with Crippen LogP contribution in [0.5, 0.6) is 0 Å². The van der Waals surface area contributed by atoms with E-state index in [-0.39, 0.29) is 0 Å². The molecule has 0 heterocycles. The van der Waals surface area contributed by atoms with Gasteiger partial charge in [0.1, 0.15) is 0 Å². The largest absolute Gasteiger partial charge is 0.376 e. The minimum atomic E-state index is 0.482. The normalized spacial score (nSPS) is 24.5. The number of hydrogen-bond donors (Lipinski definition) is 0. The molecule has 2 rings (SSSR count). The van der Waals surface area contributed by atoms with Crippen LogP contribution in [0, 0.1) is 5.92 Å². The van der Waals surface area contributed by atoms with Gasteiger partial charge in [0.25, 0.3) is 0 Å². The molecule has 0 aromatic rings. The SMILES string of the molecule is CCC(OCCOC1CCCCC1)C1CCCCC1. The maximum absolute atomic E-state index is 6.10. The third-order valence-corrected chi connectivity index (χ3v) is 4.90. The quantitative estimate of drug-likeness (QED) is 0.622. The third kappa shape index (κ3) is 5.43. The van der Waals surface area contributed by atoms with E-state index in [0.717, 1.165) is 25.6 Å². The zero-order valence-electron chi connectivity index (χ0n) is 12.7. The van der Waals surface area contributed by atoms with Gasteiger partial charge in [0, 0.05) is 0 Å². The van der Waals surface area contributed by atoms with Crippen LogP contribution in [0.25, 0.3) is 0 Å². The van der Waals surface area contributed by atoms with Crippen molar-refractivity contribution >= 4 is 0 Å². The molecular formula is C17H32O2. The molecule has 1 unspecified atom stereocenters. The molecule has 19 heavy (non-hydrogen) atoms. The Hall–Kier alpha value is -0.0800. The van der Waals surface area contributed by atoms with E-state index in [9.17, 15) is 0 Å². The van der Waals surface area contributed by atoms with Gasteiger partial charge in [0.2, 0.25) is 0 Å². The van der Waals surface area contributed by atoms with Crippen molar-refractivity contribution in [3.05, 3.63) is 0 Å². The Morgan fingerprint density at radius 3 is 2.11 bits per heavy atom. The lowest BCUT2D eigenvalue weighted by Gasteiger charge is -2.30. The smallest absolute Gasteiger partial charge is 0.0704 e. The molecule has 2 heteroatoms. The highest BCUT2D eigenvalue weighted by Gasteiger charge is 2.22. The minimum Gasteiger partial charge on any atom is -0.376 e. The molecule has 1 atom stereocenters. The van der Waals surface area contributed by atoms with Crippen LogP contribution in [0.15, 0.2) is 0 Å². The summed E-state index contributed by atoms with van der Waals surface area (Å²) < 4.78 is 12.0. The predicted molar refractivity (Wildman–Crippen MR) is 79.4 cm³/mol. The standard InChI is InChI=1S/C17H32O2/c1-2-17(15-9-5-3-6-10-15)19-14-13-18-16-11-7-4-8-12-16/h15-17H,2-14H2,1H3. The molecule has 2 aliphatic rings. The predicted octanol–water partition coefficient (Wildman–Crippen LogP) is 4.71. The van der Waals surface area contributed by atoms with Crippen LogP contribution in [-0.4, -0.2) is 25.4 Å². The summed E-state index contributed by atoms with van der Waals surface area (Å²) in [5, 5.41) is 0. The zero-order valence-corrected chi connectivity index (χ0v) is 12.7. The van der Waals surface area contributed by atoms with Gasteiger partial charge in [-0.3, -0.25) is 0 Å². The van der Waals surface area contributed by atoms with E-state index in [0.29, 0.717) is 12.2 Å². The van der Waals surface area contributed by atoms with Gasteiger partial charge in [-0.2, -0.15) is 0 Å². The summed E-state index contributed by atoms with van der Waals surface area (Å²) in [6.07, 6.45) is 15.8. The van der Waals surface area contributed by atoms with Crippen molar-refractivity contribution in [3.63, 3.8) is 0 Å². The van der Waals surface area contributed by atoms with Crippen LogP contribution in [-0.2, 0) is 9.47 Å². The summed E-state index contributed by atoms with van der Waals surface area (Å²) in [4.78, 5) is 0. The lowest BCUT2D eigenvalue weighted by molar-refractivity contribution is -0.0530. The molecule has 0 aromatic heterocycles. The van der Waals surface area contributed by atoms with Crippen molar-refractivity contribution < 1.29 is 9.47 Å². The zero-order chi connectivity index (χ0) is 13.3. The molecule has 0 bridgehead atoms. The van der Waals surface area contributed by atoms with Crippen LogP contribution < -0.4 is 0 Å². The van der Waals surface area contributed by atoms with Crippen molar-refractivity contribution in [2.45, 2.75) is 89.8 Å². The Bertz CT molecular complexity index is 217. The van der Waals surface area contributed by atoms with Crippen molar-refractivity contribution in [2.24, 2.45) is 5.92 Å². The van der Waals surface area contributed by atoms with Crippen LogP contribution >= 0.6 is 0 Å². The first-order valence-corrected chi connectivity index (χ1v) is 8.63. The second kappa shape index (κ2) is 8.97. The van der Waals surface area contributed by atoms with Crippen molar-refractivity contribution in [2.75, 3.05) is 13.2 Å². The van der Waals surface area contributed by atoms with Gasteiger partial charge < -0.3 is 9.47 Å². The average Bonchev–Trinajstić information content (AvgIpc) is 2.49. The van der Waals surface area contributed by atoms with Gasteiger partial charge >= 0.3 is 0 Å². The summed E-state index contributed by atoms with van der Waals surface area (Å²) in [5.41, 5.74) is 0. The van der Waals surface area contributed by atoms with Crippen LogP contribution in [0.1, 0.15) is 77.6 Å². The molecule has 0 aliphatic heterocycles. The van der Waals surface area contributed by atoms with Crippen molar-refractivity contribution in [3.8, 4) is 0 Å². The molecule has 2 nitrogen and oxygen atoms in total. The first kappa shape index (κ1) is 15.3. The first-order chi connectivity index (χ1) is 9.40. The van der Waals surface area contributed by atoms with Crippen molar-refractivity contribution in [1.82, 2.24) is 0 Å². The Labute approximate surface area is 119 Å². The van der Waals surface area contributed by atoms with E-state index in [1.165, 1.54) is 64.2 Å². The minimum absolute atomic E-state index is 0.482. The molecule has 2 saturated carbocycles. The highest BCUT2D eigenvalue weighted by molar-refractivity contribution is 4.73. The van der Waals surface area contributed by atoms with Crippen LogP contribution in [0.3, 0.4) is 0 Å². The van der Waals surface area contributed by atoms with E-state index in [2.05, 4.69) is 6.92 Å². The first-order valence-electron chi connectivity index (χ1n) is 8.63. The van der Waals surface area contributed by atoms with E-state index < -0.39 is 0 Å². The number of ether oxygens (including phenoxy) is 2. The van der Waals surface area contributed by atoms with Gasteiger partial charge in [-0.05, 0) is 38.0 Å². The van der Waals surface area contributed by atoms with Gasteiger partial charge in [-0.1, -0.05) is 45.4 Å². The summed E-state index contributed by atoms with van der Waals surface area (Å²) in [6.45, 7) is 3.86. The fourth-order valence-corrected chi connectivity index (χ4v) is 3.74. The molecule has 2 aliphatic carbocycles. The summed E-state index contributed by atoms with van der Waals surface area (Å²) >= 11 is 0. The molecule has 0 N–H and O–H groups in total. The second-order valence-electron chi connectivity index (χ2n) is 6.35. The molecule has 0 spiro atoms. The maximum atomic E-state index is 6.10. The van der Waals surface area contributed by atoms with E-state index >= 15 is 0 Å². The molecule has 112 valence electrons. The van der Waals surface area contributed by atoms with E-state index in [4.69, 9.17) is 9.47 Å². The topological polar surface area (TPSA) is 18.5 Å². The Morgan fingerprint density at radius 1 is 0.842 bits per heavy atom. The van der Waals surface area contributed by atoms with E-state index in [1.54, 1.807) is 0 Å². The van der Waals surface area contributed by atoms with Gasteiger partial charge in [0.05, 0.1) is 25.4 Å². The molecule has 0 radical (unpaired) electrons. The highest BCUT2D eigenvalue weighted by Crippen LogP contribution is 2.29. The summed E-state index contributed by atoms with van der Waals surface area (Å²) in [6, 6.07) is 0. The maximum Gasteiger partial charge on any atom is 0.0704 e. The van der Waals surface area contributed by atoms with Crippen molar-refractivity contribution in [1.29, 1.82) is 0 Å². The Morgan fingerprint density at radius 2 is 1.47 bits per heavy atom. The molecule has 0 aromatic carbocycles. The number of hydrogen-bond acceptors (Lipinski definition) is 2. The fraction of sp³-hybridized carbons (Fsp3) is 1.00. The molecular weight excluding hydrogens is 236 g/mol. The average molecular weight is 268 g/mol. The molecule has 0 saturated heterocycles. The number of rotatable bonds is 7. The second-order valence-corrected chi connectivity index (χ2v) is 6.35. The molecule has 0 amide bonds. The lowest BCUT2D eigenvalue weighted by Crippen LogP contribution is -2.27. The van der Waals surface area contributed by atoms with Crippen LogP contribution in [0.2, 0.25) is 0 Å². The van der Waals surface area contributed by atoms with Crippen LogP contribution in [0.4, 0.5) is 0 Å². The molecule has 2 fully saturated rings. The van der Waals surface area contributed by atoms with Gasteiger partial charge in [-0.15, -0.1) is 0 Å². The lowest BCUT2D eigenvalue weighted by atomic mass is 9.84. The summed E-state index contributed by atoms with van der Waals surface area (Å²) in [5.74, 6) is 0.813. The Kier molecular flexibility index (Phi) is 7.23. The van der Waals surface area contributed by atoms with E-state index in [1.807, 2.05) is 0 Å². The highest BCUT2D eigenvalue weighted by atomic mass is 16.5. The van der Waals surface area contributed by atoms with Gasteiger partial charge in [0.15, 0.2) is 0 Å².